The highest BCUT2D eigenvalue weighted by atomic mass is 16.4. The number of benzene rings is 2. The number of phenolic OH excluding ortho intramolecular Hbond substituents is 3. The van der Waals surface area contributed by atoms with Crippen LogP contribution in [0.25, 0.3) is 22.3 Å². The first-order valence-electron chi connectivity index (χ1n) is 8.56. The molecule has 0 unspecified atom stereocenters. The molecule has 9 heteroatoms. The van der Waals surface area contributed by atoms with Crippen LogP contribution in [-0.2, 0) is 9.59 Å². The van der Waals surface area contributed by atoms with Crippen LogP contribution in [0.4, 0.5) is 5.69 Å². The van der Waals surface area contributed by atoms with Crippen LogP contribution in [0.1, 0.15) is 12.8 Å². The summed E-state index contributed by atoms with van der Waals surface area (Å²) in [5, 5.41) is 41.2. The normalized spacial score (nSPS) is 11.9. The molecule has 0 radical (unpaired) electrons. The first-order chi connectivity index (χ1) is 13.8. The van der Waals surface area contributed by atoms with E-state index in [4.69, 9.17) is 9.52 Å². The average molecular weight is 399 g/mol. The van der Waals surface area contributed by atoms with Crippen LogP contribution in [0.3, 0.4) is 0 Å². The molecular weight excluding hydrogens is 382 g/mol. The molecular formula is C20H17NO8. The van der Waals surface area contributed by atoms with Gasteiger partial charge in [0, 0.05) is 24.1 Å². The molecule has 1 aromatic heterocycles. The summed E-state index contributed by atoms with van der Waals surface area (Å²) in [5.74, 6) is -2.01. The molecule has 3 aromatic rings. The molecule has 0 bridgehead atoms. The molecule has 29 heavy (non-hydrogen) atoms. The highest BCUT2D eigenvalue weighted by Gasteiger charge is 2.20. The van der Waals surface area contributed by atoms with Crippen molar-refractivity contribution in [3.63, 3.8) is 0 Å². The van der Waals surface area contributed by atoms with E-state index in [2.05, 4.69) is 5.32 Å². The number of aromatic hydroxyl groups is 3. The maximum atomic E-state index is 12.6. The van der Waals surface area contributed by atoms with Crippen LogP contribution in [0.15, 0.2) is 45.6 Å². The molecule has 1 atom stereocenters. The fraction of sp³-hybridized carbons (Fsp3) is 0.150. The van der Waals surface area contributed by atoms with Crippen molar-refractivity contribution in [3.05, 3.63) is 46.6 Å². The third kappa shape index (κ3) is 4.13. The average Bonchev–Trinajstić information content (AvgIpc) is 2.67. The molecule has 0 aliphatic rings. The topological polar surface area (TPSA) is 157 Å². The zero-order valence-electron chi connectivity index (χ0n) is 15.0. The largest absolute Gasteiger partial charge is 0.508 e. The van der Waals surface area contributed by atoms with E-state index in [1.54, 1.807) is 0 Å². The monoisotopic (exact) mass is 399 g/mol. The third-order valence-corrected chi connectivity index (χ3v) is 4.29. The number of nitrogens with one attached hydrogen (secondary N) is 1. The standard InChI is InChI=1S/C20H17NO8/c22-9-11(3-6-17(26)27)21-19-14(25)8-16-18(20(19)28)13(24)7-15(29-16)10-1-4-12(23)5-2-10/h1-2,4-5,7-9,11,21,23,25,28H,3,6H2,(H,26,27)/t11-/m0/s1. The van der Waals surface area contributed by atoms with Gasteiger partial charge in [-0.3, -0.25) is 9.59 Å². The summed E-state index contributed by atoms with van der Waals surface area (Å²) in [6.07, 6.45) is 0.0657. The third-order valence-electron chi connectivity index (χ3n) is 4.29. The lowest BCUT2D eigenvalue weighted by Crippen LogP contribution is -2.22. The van der Waals surface area contributed by atoms with E-state index >= 15 is 0 Å². The molecule has 1 heterocycles. The Labute approximate surface area is 163 Å². The van der Waals surface area contributed by atoms with Gasteiger partial charge in [0.15, 0.2) is 11.2 Å². The van der Waals surface area contributed by atoms with Gasteiger partial charge in [-0.15, -0.1) is 0 Å². The van der Waals surface area contributed by atoms with Gasteiger partial charge in [-0.25, -0.2) is 0 Å². The molecule has 0 saturated heterocycles. The number of aldehydes is 1. The minimum Gasteiger partial charge on any atom is -0.508 e. The summed E-state index contributed by atoms with van der Waals surface area (Å²) < 4.78 is 5.62. The minimum atomic E-state index is -1.10. The second kappa shape index (κ2) is 7.93. The Morgan fingerprint density at radius 2 is 1.83 bits per heavy atom. The Morgan fingerprint density at radius 1 is 1.14 bits per heavy atom. The number of anilines is 1. The van der Waals surface area contributed by atoms with Crippen molar-refractivity contribution in [3.8, 4) is 28.6 Å². The summed E-state index contributed by atoms with van der Waals surface area (Å²) in [6, 6.07) is 7.16. The molecule has 2 aromatic carbocycles. The van der Waals surface area contributed by atoms with E-state index in [9.17, 15) is 29.7 Å². The van der Waals surface area contributed by atoms with Gasteiger partial charge in [-0.1, -0.05) is 0 Å². The van der Waals surface area contributed by atoms with Crippen LogP contribution in [-0.4, -0.2) is 38.7 Å². The number of carbonyl (C=O) groups excluding carboxylic acids is 1. The van der Waals surface area contributed by atoms with Gasteiger partial charge in [0.2, 0.25) is 0 Å². The van der Waals surface area contributed by atoms with E-state index in [-0.39, 0.29) is 41.0 Å². The van der Waals surface area contributed by atoms with Gasteiger partial charge in [0.05, 0.1) is 6.04 Å². The van der Waals surface area contributed by atoms with Gasteiger partial charge in [0.25, 0.3) is 0 Å². The lowest BCUT2D eigenvalue weighted by atomic mass is 10.1. The summed E-state index contributed by atoms with van der Waals surface area (Å²) in [4.78, 5) is 34.4. The fourth-order valence-corrected chi connectivity index (χ4v) is 2.84. The Kier molecular flexibility index (Phi) is 5.40. The first-order valence-corrected chi connectivity index (χ1v) is 8.56. The summed E-state index contributed by atoms with van der Waals surface area (Å²) in [5.41, 5.74) is -0.459. The number of aliphatic carboxylic acids is 1. The van der Waals surface area contributed by atoms with Crippen molar-refractivity contribution in [1.82, 2.24) is 0 Å². The predicted octanol–water partition coefficient (Wildman–Crippen LogP) is 2.42. The second-order valence-corrected chi connectivity index (χ2v) is 6.33. The molecule has 3 rings (SSSR count). The zero-order chi connectivity index (χ0) is 21.1. The first kappa shape index (κ1) is 19.7. The maximum absolute atomic E-state index is 12.6. The Balaban J connectivity index is 2.04. The molecule has 0 aliphatic heterocycles. The van der Waals surface area contributed by atoms with Crippen LogP contribution >= 0.6 is 0 Å². The van der Waals surface area contributed by atoms with E-state index in [0.717, 1.165) is 12.1 Å². The Bertz CT molecular complexity index is 1130. The van der Waals surface area contributed by atoms with Crippen LogP contribution in [0, 0.1) is 0 Å². The molecule has 0 aliphatic carbocycles. The lowest BCUT2D eigenvalue weighted by Gasteiger charge is -2.16. The van der Waals surface area contributed by atoms with Crippen LogP contribution in [0.5, 0.6) is 17.2 Å². The number of carboxylic acid groups (broad SMARTS) is 1. The highest BCUT2D eigenvalue weighted by molar-refractivity contribution is 5.94. The zero-order valence-corrected chi connectivity index (χ0v) is 15.0. The molecule has 0 amide bonds. The summed E-state index contributed by atoms with van der Waals surface area (Å²) >= 11 is 0. The molecule has 150 valence electrons. The quantitative estimate of drug-likeness (QED) is 0.297. The Morgan fingerprint density at radius 3 is 2.45 bits per heavy atom. The van der Waals surface area contributed by atoms with Gasteiger partial charge in [-0.2, -0.15) is 0 Å². The van der Waals surface area contributed by atoms with Gasteiger partial charge >= 0.3 is 5.97 Å². The SMILES string of the molecule is O=C[C@H](CCC(=O)O)Nc1c(O)cc2oc(-c3ccc(O)cc3)cc(=O)c2c1O. The second-order valence-electron chi connectivity index (χ2n) is 6.33. The minimum absolute atomic E-state index is 0.0375. The van der Waals surface area contributed by atoms with Crippen molar-refractivity contribution in [1.29, 1.82) is 0 Å². The summed E-state index contributed by atoms with van der Waals surface area (Å²) in [7, 11) is 0. The molecule has 0 saturated carbocycles. The van der Waals surface area contributed by atoms with E-state index in [1.165, 1.54) is 24.3 Å². The number of hydrogen-bond donors (Lipinski definition) is 5. The van der Waals surface area contributed by atoms with E-state index < -0.39 is 28.9 Å². The van der Waals surface area contributed by atoms with Crippen molar-refractivity contribution in [2.24, 2.45) is 0 Å². The van der Waals surface area contributed by atoms with Crippen molar-refractivity contribution < 1.29 is 34.4 Å². The Hall–Kier alpha value is -4.01. The smallest absolute Gasteiger partial charge is 0.303 e. The predicted molar refractivity (Wildman–Crippen MR) is 103 cm³/mol. The van der Waals surface area contributed by atoms with Crippen LogP contribution < -0.4 is 10.7 Å². The summed E-state index contributed by atoms with van der Waals surface area (Å²) in [6.45, 7) is 0. The van der Waals surface area contributed by atoms with Gasteiger partial charge < -0.3 is 35.0 Å². The number of carbonyl (C=O) groups is 2. The fourth-order valence-electron chi connectivity index (χ4n) is 2.84. The number of fused-ring (bicyclic) bond motifs is 1. The van der Waals surface area contributed by atoms with Gasteiger partial charge in [0.1, 0.15) is 40.2 Å². The van der Waals surface area contributed by atoms with E-state index in [0.29, 0.717) is 11.8 Å². The van der Waals surface area contributed by atoms with E-state index in [1.807, 2.05) is 0 Å². The molecule has 0 spiro atoms. The van der Waals surface area contributed by atoms with Crippen LogP contribution in [0.2, 0.25) is 0 Å². The van der Waals surface area contributed by atoms with Crippen molar-refractivity contribution in [2.45, 2.75) is 18.9 Å². The maximum Gasteiger partial charge on any atom is 0.303 e. The highest BCUT2D eigenvalue weighted by Crippen LogP contribution is 2.40. The van der Waals surface area contributed by atoms with Gasteiger partial charge in [-0.05, 0) is 30.7 Å². The molecule has 0 fully saturated rings. The van der Waals surface area contributed by atoms with Crippen molar-refractivity contribution >= 4 is 28.9 Å². The number of hydrogen-bond acceptors (Lipinski definition) is 8. The molecule has 5 N–H and O–H groups in total. The number of phenols is 3. The number of carboxylic acids is 1. The number of rotatable bonds is 7. The van der Waals surface area contributed by atoms with Crippen molar-refractivity contribution in [2.75, 3.05) is 5.32 Å². The lowest BCUT2D eigenvalue weighted by molar-refractivity contribution is -0.137. The molecule has 9 nitrogen and oxygen atoms in total.